The molecular weight excluding hydrogens is 250 g/mol. The van der Waals surface area contributed by atoms with E-state index in [1.807, 2.05) is 29.1 Å². The van der Waals surface area contributed by atoms with Crippen LogP contribution in [0.5, 0.6) is 0 Å². The van der Waals surface area contributed by atoms with Crippen molar-refractivity contribution in [2.45, 2.75) is 39.3 Å². The van der Waals surface area contributed by atoms with Crippen LogP contribution in [0.15, 0.2) is 42.7 Å². The van der Waals surface area contributed by atoms with Crippen LogP contribution in [0.3, 0.4) is 0 Å². The molecule has 2 rings (SSSR count). The summed E-state index contributed by atoms with van der Waals surface area (Å²) < 4.78 is 1.89. The summed E-state index contributed by atoms with van der Waals surface area (Å²) in [4.78, 5) is 11.7. The Hall–Kier alpha value is -2.10. The molecule has 0 saturated carbocycles. The molecule has 0 atom stereocenters. The number of nitrogens with one attached hydrogen (secondary N) is 1. The second kappa shape index (κ2) is 7.48. The fraction of sp³-hybridized carbons (Fsp3) is 0.375. The molecule has 1 amide bonds. The summed E-state index contributed by atoms with van der Waals surface area (Å²) in [5.74, 6) is 0.126. The number of carbonyl (C=O) groups excluding carboxylic acids is 1. The Morgan fingerprint density at radius 1 is 1.25 bits per heavy atom. The number of amides is 1. The zero-order valence-corrected chi connectivity index (χ0v) is 11.9. The molecule has 1 aromatic carbocycles. The average molecular weight is 271 g/mol. The van der Waals surface area contributed by atoms with E-state index in [9.17, 15) is 4.79 Å². The van der Waals surface area contributed by atoms with E-state index in [0.717, 1.165) is 24.9 Å². The van der Waals surface area contributed by atoms with E-state index < -0.39 is 0 Å². The number of benzene rings is 1. The highest BCUT2D eigenvalue weighted by molar-refractivity contribution is 5.75. The average Bonchev–Trinajstić information content (AvgIpc) is 2.97. The molecule has 4 nitrogen and oxygen atoms in total. The van der Waals surface area contributed by atoms with Crippen LogP contribution < -0.4 is 5.32 Å². The van der Waals surface area contributed by atoms with Gasteiger partial charge in [-0.3, -0.25) is 9.48 Å². The van der Waals surface area contributed by atoms with E-state index in [2.05, 4.69) is 29.5 Å². The lowest BCUT2D eigenvalue weighted by molar-refractivity contribution is -0.121. The highest BCUT2D eigenvalue weighted by Gasteiger charge is 2.05. The fourth-order valence-corrected chi connectivity index (χ4v) is 2.07. The van der Waals surface area contributed by atoms with Gasteiger partial charge >= 0.3 is 0 Å². The molecule has 0 bridgehead atoms. The van der Waals surface area contributed by atoms with Crippen molar-refractivity contribution in [1.29, 1.82) is 0 Å². The number of hydrogen-bond acceptors (Lipinski definition) is 2. The van der Waals surface area contributed by atoms with Gasteiger partial charge in [0, 0.05) is 25.4 Å². The molecule has 0 fully saturated rings. The Labute approximate surface area is 119 Å². The smallest absolute Gasteiger partial charge is 0.220 e. The van der Waals surface area contributed by atoms with Crippen molar-refractivity contribution in [3.63, 3.8) is 0 Å². The summed E-state index contributed by atoms with van der Waals surface area (Å²) in [6, 6.07) is 10.1. The molecule has 20 heavy (non-hydrogen) atoms. The molecule has 1 aromatic heterocycles. The lowest BCUT2D eigenvalue weighted by atomic mass is 10.1. The van der Waals surface area contributed by atoms with Crippen LogP contribution in [-0.2, 0) is 17.9 Å². The molecule has 0 saturated heterocycles. The summed E-state index contributed by atoms with van der Waals surface area (Å²) in [6.07, 6.45) is 6.31. The van der Waals surface area contributed by atoms with E-state index in [1.165, 1.54) is 5.56 Å². The molecule has 0 aliphatic heterocycles. The van der Waals surface area contributed by atoms with Crippen molar-refractivity contribution >= 4 is 5.91 Å². The first-order valence-electron chi connectivity index (χ1n) is 7.10. The van der Waals surface area contributed by atoms with Gasteiger partial charge in [-0.1, -0.05) is 37.6 Å². The molecule has 0 aliphatic rings. The Bertz CT molecular complexity index is 534. The maximum absolute atomic E-state index is 11.7. The van der Waals surface area contributed by atoms with E-state index in [-0.39, 0.29) is 5.91 Å². The van der Waals surface area contributed by atoms with E-state index in [1.54, 1.807) is 6.20 Å². The van der Waals surface area contributed by atoms with Crippen molar-refractivity contribution in [2.75, 3.05) is 0 Å². The molecule has 4 heteroatoms. The number of aromatic nitrogens is 2. The van der Waals surface area contributed by atoms with Gasteiger partial charge in [0.15, 0.2) is 0 Å². The van der Waals surface area contributed by atoms with Crippen molar-refractivity contribution in [2.24, 2.45) is 0 Å². The molecule has 0 spiro atoms. The van der Waals surface area contributed by atoms with Gasteiger partial charge < -0.3 is 5.32 Å². The number of hydrogen-bond donors (Lipinski definition) is 1. The van der Waals surface area contributed by atoms with Crippen molar-refractivity contribution in [3.8, 4) is 0 Å². The van der Waals surface area contributed by atoms with Crippen LogP contribution in [0.25, 0.3) is 0 Å². The number of rotatable bonds is 7. The predicted molar refractivity (Wildman–Crippen MR) is 79.1 cm³/mol. The zero-order chi connectivity index (χ0) is 14.2. The molecule has 1 heterocycles. The summed E-state index contributed by atoms with van der Waals surface area (Å²) in [6.45, 7) is 3.40. The van der Waals surface area contributed by atoms with E-state index in [0.29, 0.717) is 13.0 Å². The van der Waals surface area contributed by atoms with Crippen molar-refractivity contribution in [3.05, 3.63) is 53.9 Å². The minimum atomic E-state index is 0.126. The summed E-state index contributed by atoms with van der Waals surface area (Å²) in [7, 11) is 0. The van der Waals surface area contributed by atoms with Gasteiger partial charge in [0.2, 0.25) is 5.91 Å². The molecule has 2 aromatic rings. The third-order valence-electron chi connectivity index (χ3n) is 3.24. The molecule has 0 unspecified atom stereocenters. The lowest BCUT2D eigenvalue weighted by Crippen LogP contribution is -2.23. The van der Waals surface area contributed by atoms with Gasteiger partial charge in [0.1, 0.15) is 0 Å². The van der Waals surface area contributed by atoms with Gasteiger partial charge in [-0.15, -0.1) is 0 Å². The van der Waals surface area contributed by atoms with Gasteiger partial charge in [-0.05, 0) is 23.6 Å². The van der Waals surface area contributed by atoms with Crippen LogP contribution >= 0.6 is 0 Å². The second-order valence-corrected chi connectivity index (χ2v) is 4.85. The van der Waals surface area contributed by atoms with Crippen LogP contribution in [0, 0.1) is 0 Å². The Kier molecular flexibility index (Phi) is 5.35. The topological polar surface area (TPSA) is 46.9 Å². The highest BCUT2D eigenvalue weighted by Crippen LogP contribution is 2.10. The van der Waals surface area contributed by atoms with Gasteiger partial charge in [-0.25, -0.2) is 0 Å². The zero-order valence-electron chi connectivity index (χ0n) is 11.9. The first kappa shape index (κ1) is 14.3. The predicted octanol–water partition coefficient (Wildman–Crippen LogP) is 2.74. The van der Waals surface area contributed by atoms with Crippen LogP contribution in [0.4, 0.5) is 0 Å². The molecule has 0 radical (unpaired) electrons. The number of carbonyl (C=O) groups is 1. The summed E-state index contributed by atoms with van der Waals surface area (Å²) in [5.41, 5.74) is 2.33. The molecular formula is C16H21N3O. The maximum atomic E-state index is 11.7. The third-order valence-corrected chi connectivity index (χ3v) is 3.24. The molecule has 1 N–H and O–H groups in total. The fourth-order valence-electron chi connectivity index (χ4n) is 2.07. The Balaban J connectivity index is 1.95. The summed E-state index contributed by atoms with van der Waals surface area (Å²) >= 11 is 0. The van der Waals surface area contributed by atoms with Crippen molar-refractivity contribution < 1.29 is 4.79 Å². The van der Waals surface area contributed by atoms with Gasteiger partial charge in [0.25, 0.3) is 0 Å². The lowest BCUT2D eigenvalue weighted by Gasteiger charge is -2.11. The second-order valence-electron chi connectivity index (χ2n) is 4.85. The Morgan fingerprint density at radius 2 is 2.05 bits per heavy atom. The molecule has 106 valence electrons. The van der Waals surface area contributed by atoms with Crippen LogP contribution in [0.2, 0.25) is 0 Å². The van der Waals surface area contributed by atoms with Crippen LogP contribution in [0.1, 0.15) is 37.3 Å². The number of unbranched alkanes of at least 4 members (excludes halogenated alkanes) is 1. The van der Waals surface area contributed by atoms with Gasteiger partial charge in [0.05, 0.1) is 6.54 Å². The minimum Gasteiger partial charge on any atom is -0.352 e. The number of nitrogens with zero attached hydrogens (tertiary/aromatic N) is 2. The third kappa shape index (κ3) is 4.23. The largest absolute Gasteiger partial charge is 0.352 e. The Morgan fingerprint density at radius 3 is 2.75 bits per heavy atom. The van der Waals surface area contributed by atoms with E-state index in [4.69, 9.17) is 0 Å². The first-order valence-corrected chi connectivity index (χ1v) is 7.10. The quantitative estimate of drug-likeness (QED) is 0.841. The normalized spacial score (nSPS) is 10.4. The standard InChI is InChI=1S/C16H21N3O/c1-2-3-9-16(20)17-12-14-7-4-5-8-15(14)13-19-11-6-10-18-19/h4-8,10-11H,2-3,9,12-13H2,1H3,(H,17,20). The monoisotopic (exact) mass is 271 g/mol. The first-order chi connectivity index (χ1) is 9.79. The minimum absolute atomic E-state index is 0.126. The van der Waals surface area contributed by atoms with Gasteiger partial charge in [-0.2, -0.15) is 5.10 Å². The summed E-state index contributed by atoms with van der Waals surface area (Å²) in [5, 5.41) is 7.20. The van der Waals surface area contributed by atoms with E-state index >= 15 is 0 Å². The molecule has 0 aliphatic carbocycles. The maximum Gasteiger partial charge on any atom is 0.220 e. The SMILES string of the molecule is CCCCC(=O)NCc1ccccc1Cn1cccn1. The van der Waals surface area contributed by atoms with Crippen molar-refractivity contribution in [1.82, 2.24) is 15.1 Å². The highest BCUT2D eigenvalue weighted by atomic mass is 16.1. The van der Waals surface area contributed by atoms with Crippen LogP contribution in [-0.4, -0.2) is 15.7 Å².